The maximum absolute atomic E-state index is 12.9. The summed E-state index contributed by atoms with van der Waals surface area (Å²) >= 11 is 0. The zero-order valence-corrected chi connectivity index (χ0v) is 14.2. The number of benzene rings is 1. The van der Waals surface area contributed by atoms with Gasteiger partial charge in [-0.15, -0.1) is 0 Å². The van der Waals surface area contributed by atoms with Gasteiger partial charge in [0.15, 0.2) is 0 Å². The van der Waals surface area contributed by atoms with Gasteiger partial charge in [-0.25, -0.2) is 0 Å². The van der Waals surface area contributed by atoms with Gasteiger partial charge in [0.25, 0.3) is 0 Å². The number of piperidine rings is 1. The topological polar surface area (TPSA) is 43.8 Å². The number of amides is 1. The molecule has 3 fully saturated rings. The lowest BCUT2D eigenvalue weighted by molar-refractivity contribution is -0.118. The van der Waals surface area contributed by atoms with Gasteiger partial charge in [0.1, 0.15) is 0 Å². The number of carbonyl (C=O) groups is 1. The molecule has 1 aromatic carbocycles. The predicted molar refractivity (Wildman–Crippen MR) is 95.3 cm³/mol. The van der Waals surface area contributed by atoms with E-state index in [0.29, 0.717) is 18.4 Å². The van der Waals surface area contributed by atoms with Gasteiger partial charge in [0.05, 0.1) is 12.6 Å². The Hall–Kier alpha value is -1.91. The van der Waals surface area contributed by atoms with E-state index in [0.717, 1.165) is 31.6 Å². The van der Waals surface area contributed by atoms with Crippen LogP contribution in [0.1, 0.15) is 24.8 Å². The monoisotopic (exact) mass is 334 g/mol. The first-order valence-corrected chi connectivity index (χ1v) is 9.41. The Morgan fingerprint density at radius 3 is 3.08 bits per heavy atom. The molecule has 25 heavy (non-hydrogen) atoms. The standard InChI is InChI=1S/C21H22N2O2/c24-10-7-13-12-22-9-8-21-16-3-1-2-4-17(16)23-19(25)6-5-14(20(21)23)15(13)11-18(21)22/h1-5,7,15,18,20,24H,6,8-12H2/t15-,18-,20-,21+/m0/s1. The fraction of sp³-hybridized carbons (Fsp3) is 0.476. The van der Waals surface area contributed by atoms with Crippen molar-refractivity contribution in [2.24, 2.45) is 5.92 Å². The molecule has 0 radical (unpaired) electrons. The summed E-state index contributed by atoms with van der Waals surface area (Å²) in [5.41, 5.74) is 5.39. The van der Waals surface area contributed by atoms with Gasteiger partial charge < -0.3 is 10.0 Å². The molecule has 1 amide bonds. The van der Waals surface area contributed by atoms with Crippen LogP contribution in [-0.2, 0) is 10.2 Å². The molecule has 1 aromatic rings. The molecule has 4 atom stereocenters. The number of hydrogen-bond donors (Lipinski definition) is 1. The van der Waals surface area contributed by atoms with Crippen molar-refractivity contribution in [3.8, 4) is 0 Å². The average Bonchev–Trinajstić information content (AvgIpc) is 3.17. The van der Waals surface area contributed by atoms with Crippen LogP contribution in [0, 0.1) is 5.92 Å². The summed E-state index contributed by atoms with van der Waals surface area (Å²) in [6, 6.07) is 9.29. The molecule has 0 aromatic heterocycles. The van der Waals surface area contributed by atoms with Crippen LogP contribution in [0.5, 0.6) is 0 Å². The first-order chi connectivity index (χ1) is 12.3. The van der Waals surface area contributed by atoms with E-state index in [1.54, 1.807) is 0 Å². The zero-order chi connectivity index (χ0) is 16.8. The Morgan fingerprint density at radius 2 is 2.20 bits per heavy atom. The summed E-state index contributed by atoms with van der Waals surface area (Å²) in [6.45, 7) is 2.16. The smallest absolute Gasteiger partial charge is 0.231 e. The second kappa shape index (κ2) is 4.63. The Bertz CT molecular complexity index is 857. The summed E-state index contributed by atoms with van der Waals surface area (Å²) in [4.78, 5) is 17.6. The Morgan fingerprint density at radius 1 is 1.32 bits per heavy atom. The quantitative estimate of drug-likeness (QED) is 0.799. The van der Waals surface area contributed by atoms with Gasteiger partial charge in [-0.1, -0.05) is 35.9 Å². The van der Waals surface area contributed by atoms with Crippen LogP contribution < -0.4 is 4.90 Å². The van der Waals surface area contributed by atoms with Crippen molar-refractivity contribution in [1.29, 1.82) is 0 Å². The summed E-state index contributed by atoms with van der Waals surface area (Å²) in [5, 5.41) is 9.50. The molecule has 1 saturated carbocycles. The van der Waals surface area contributed by atoms with Crippen molar-refractivity contribution in [2.75, 3.05) is 24.6 Å². The number of para-hydroxylation sites is 1. The highest BCUT2D eigenvalue weighted by Gasteiger charge is 2.67. The van der Waals surface area contributed by atoms with Crippen molar-refractivity contribution in [3.63, 3.8) is 0 Å². The normalized spacial score (nSPS) is 39.5. The first kappa shape index (κ1) is 14.3. The highest BCUT2D eigenvalue weighted by Crippen LogP contribution is 2.63. The summed E-state index contributed by atoms with van der Waals surface area (Å²) in [5.74, 6) is 0.638. The molecule has 4 heteroatoms. The zero-order valence-electron chi connectivity index (χ0n) is 14.2. The van der Waals surface area contributed by atoms with Gasteiger partial charge in [0, 0.05) is 36.0 Å². The van der Waals surface area contributed by atoms with Crippen molar-refractivity contribution < 1.29 is 9.90 Å². The molecule has 5 aliphatic rings. The lowest BCUT2D eigenvalue weighted by Gasteiger charge is -2.54. The third-order valence-corrected chi connectivity index (χ3v) is 7.40. The van der Waals surface area contributed by atoms with E-state index < -0.39 is 0 Å². The van der Waals surface area contributed by atoms with Crippen LogP contribution in [-0.4, -0.2) is 47.7 Å². The molecule has 128 valence electrons. The third-order valence-electron chi connectivity index (χ3n) is 7.40. The molecule has 0 unspecified atom stereocenters. The Kier molecular flexibility index (Phi) is 2.64. The first-order valence-electron chi connectivity index (χ1n) is 9.41. The minimum Gasteiger partial charge on any atom is -0.392 e. The van der Waals surface area contributed by atoms with Crippen LogP contribution in [0.2, 0.25) is 0 Å². The molecular weight excluding hydrogens is 312 g/mol. The maximum Gasteiger partial charge on any atom is 0.231 e. The van der Waals surface area contributed by atoms with Gasteiger partial charge in [-0.05, 0) is 36.6 Å². The highest BCUT2D eigenvalue weighted by molar-refractivity contribution is 6.00. The van der Waals surface area contributed by atoms with Crippen molar-refractivity contribution in [3.05, 3.63) is 53.1 Å². The van der Waals surface area contributed by atoms with Crippen molar-refractivity contribution in [2.45, 2.75) is 36.8 Å². The van der Waals surface area contributed by atoms with Crippen molar-refractivity contribution >= 4 is 11.6 Å². The van der Waals surface area contributed by atoms with Gasteiger partial charge in [0.2, 0.25) is 5.91 Å². The lowest BCUT2D eigenvalue weighted by atomic mass is 9.57. The molecule has 1 aliphatic carbocycles. The summed E-state index contributed by atoms with van der Waals surface area (Å²) in [6.07, 6.45) is 6.99. The minimum absolute atomic E-state index is 0.0692. The number of carbonyl (C=O) groups excluding carboxylic acids is 1. The SMILES string of the molecule is O=C1CC=C2[C@H]3C[C@@H]4N(CC[C@@]45c4ccccc4N1[C@@H]25)CC3=CCO. The summed E-state index contributed by atoms with van der Waals surface area (Å²) in [7, 11) is 0. The van der Waals surface area contributed by atoms with E-state index in [2.05, 4.69) is 40.1 Å². The van der Waals surface area contributed by atoms with Gasteiger partial charge >= 0.3 is 0 Å². The largest absolute Gasteiger partial charge is 0.392 e. The van der Waals surface area contributed by atoms with Gasteiger partial charge in [-0.2, -0.15) is 0 Å². The molecule has 4 nitrogen and oxygen atoms in total. The average molecular weight is 334 g/mol. The van der Waals surface area contributed by atoms with E-state index in [9.17, 15) is 9.90 Å². The molecule has 4 heterocycles. The summed E-state index contributed by atoms with van der Waals surface area (Å²) < 4.78 is 0. The van der Waals surface area contributed by atoms with Gasteiger partial charge in [-0.3, -0.25) is 9.69 Å². The molecule has 1 spiro atoms. The molecule has 4 aliphatic heterocycles. The molecular formula is C21H22N2O2. The molecule has 2 bridgehead atoms. The fourth-order valence-electron chi connectivity index (χ4n) is 6.62. The maximum atomic E-state index is 12.9. The number of rotatable bonds is 1. The number of hydrogen-bond acceptors (Lipinski definition) is 3. The van der Waals surface area contributed by atoms with E-state index >= 15 is 0 Å². The number of nitrogens with zero attached hydrogens (tertiary/aromatic N) is 2. The van der Waals surface area contributed by atoms with Crippen LogP contribution in [0.15, 0.2) is 47.6 Å². The van der Waals surface area contributed by atoms with Crippen molar-refractivity contribution in [1.82, 2.24) is 4.90 Å². The van der Waals surface area contributed by atoms with E-state index in [1.165, 1.54) is 16.7 Å². The van der Waals surface area contributed by atoms with Crippen LogP contribution >= 0.6 is 0 Å². The lowest BCUT2D eigenvalue weighted by Crippen LogP contribution is -2.62. The second-order valence-electron chi connectivity index (χ2n) is 8.12. The fourth-order valence-corrected chi connectivity index (χ4v) is 6.62. The van der Waals surface area contributed by atoms with E-state index in [4.69, 9.17) is 0 Å². The van der Waals surface area contributed by atoms with E-state index in [-0.39, 0.29) is 24.0 Å². The molecule has 6 rings (SSSR count). The Labute approximate surface area is 147 Å². The highest BCUT2D eigenvalue weighted by atomic mass is 16.2. The number of aliphatic hydroxyl groups is 1. The molecule has 1 N–H and O–H groups in total. The van der Waals surface area contributed by atoms with Crippen LogP contribution in [0.4, 0.5) is 5.69 Å². The van der Waals surface area contributed by atoms with Crippen LogP contribution in [0.3, 0.4) is 0 Å². The van der Waals surface area contributed by atoms with Crippen LogP contribution in [0.25, 0.3) is 0 Å². The predicted octanol–water partition coefficient (Wildman–Crippen LogP) is 2.00. The second-order valence-corrected chi connectivity index (χ2v) is 8.12. The third kappa shape index (κ3) is 1.50. The molecule has 2 saturated heterocycles. The van der Waals surface area contributed by atoms with E-state index in [1.807, 2.05) is 6.08 Å². The number of aliphatic hydroxyl groups excluding tert-OH is 1. The number of anilines is 1. The minimum atomic E-state index is 0.0692. The number of fused-ring (bicyclic) bond motifs is 4. The Balaban J connectivity index is 1.64.